The second-order valence-electron chi connectivity index (χ2n) is 5.25. The third-order valence-corrected chi connectivity index (χ3v) is 4.67. The first-order valence-electron chi connectivity index (χ1n) is 7.03. The van der Waals surface area contributed by atoms with Crippen molar-refractivity contribution < 1.29 is 0 Å². The van der Waals surface area contributed by atoms with E-state index < -0.39 is 0 Å². The molecule has 1 heterocycles. The van der Waals surface area contributed by atoms with Crippen molar-refractivity contribution in [1.82, 2.24) is 4.57 Å². The lowest BCUT2D eigenvalue weighted by molar-refractivity contribution is 0.843. The average molecular weight is 336 g/mol. The molecule has 0 fully saturated rings. The van der Waals surface area contributed by atoms with Gasteiger partial charge in [-0.05, 0) is 34.5 Å². The van der Waals surface area contributed by atoms with Gasteiger partial charge < -0.3 is 4.57 Å². The maximum atomic E-state index is 3.62. The smallest absolute Gasteiger partial charge is 0.0494 e. The summed E-state index contributed by atoms with van der Waals surface area (Å²) in [7, 11) is 0. The summed E-state index contributed by atoms with van der Waals surface area (Å²) in [5.74, 6) is 0. The van der Waals surface area contributed by atoms with E-state index in [2.05, 4.69) is 93.4 Å². The fraction of sp³-hybridized carbons (Fsp3) is 0.0526. The molecular weight excluding hydrogens is 322 g/mol. The van der Waals surface area contributed by atoms with Crippen molar-refractivity contribution in [3.05, 3.63) is 83.0 Å². The van der Waals surface area contributed by atoms with E-state index >= 15 is 0 Å². The standard InChI is InChI=1S/C19H14BrN/c20-18-9-4-10-19-17(18)11-12-21(19)13-15-7-3-6-14-5-1-2-8-16(14)15/h1-12H,13H2. The van der Waals surface area contributed by atoms with E-state index in [1.807, 2.05) is 0 Å². The second-order valence-corrected chi connectivity index (χ2v) is 6.11. The molecule has 0 aliphatic rings. The van der Waals surface area contributed by atoms with Crippen LogP contribution in [-0.2, 0) is 6.54 Å². The number of aromatic nitrogens is 1. The topological polar surface area (TPSA) is 4.93 Å². The number of fused-ring (bicyclic) bond motifs is 2. The lowest BCUT2D eigenvalue weighted by atomic mass is 10.0. The van der Waals surface area contributed by atoms with Crippen LogP contribution in [0.2, 0.25) is 0 Å². The Morgan fingerprint density at radius 1 is 0.762 bits per heavy atom. The van der Waals surface area contributed by atoms with Crippen LogP contribution in [0.15, 0.2) is 77.4 Å². The second kappa shape index (κ2) is 5.05. The van der Waals surface area contributed by atoms with Crippen molar-refractivity contribution in [1.29, 1.82) is 0 Å². The zero-order valence-electron chi connectivity index (χ0n) is 11.5. The zero-order chi connectivity index (χ0) is 14.2. The van der Waals surface area contributed by atoms with Gasteiger partial charge in [-0.15, -0.1) is 0 Å². The van der Waals surface area contributed by atoms with Crippen LogP contribution in [0, 0.1) is 0 Å². The highest BCUT2D eigenvalue weighted by atomic mass is 79.9. The average Bonchev–Trinajstić information content (AvgIpc) is 2.92. The first kappa shape index (κ1) is 12.7. The predicted molar refractivity (Wildman–Crippen MR) is 92.7 cm³/mol. The van der Waals surface area contributed by atoms with Gasteiger partial charge in [0.25, 0.3) is 0 Å². The van der Waals surface area contributed by atoms with Crippen molar-refractivity contribution in [2.24, 2.45) is 0 Å². The number of nitrogens with zero attached hydrogens (tertiary/aromatic N) is 1. The molecule has 0 spiro atoms. The van der Waals surface area contributed by atoms with Crippen molar-refractivity contribution in [3.8, 4) is 0 Å². The molecule has 0 bridgehead atoms. The Kier molecular flexibility index (Phi) is 3.04. The Hall–Kier alpha value is -2.06. The molecule has 2 heteroatoms. The molecule has 0 saturated heterocycles. The molecule has 21 heavy (non-hydrogen) atoms. The Bertz CT molecular complexity index is 931. The summed E-state index contributed by atoms with van der Waals surface area (Å²) in [5.41, 5.74) is 2.61. The van der Waals surface area contributed by atoms with Crippen molar-refractivity contribution >= 4 is 37.6 Å². The van der Waals surface area contributed by atoms with Gasteiger partial charge in [0, 0.05) is 28.1 Å². The molecule has 102 valence electrons. The lowest BCUT2D eigenvalue weighted by Crippen LogP contribution is -1.98. The third kappa shape index (κ3) is 2.16. The molecule has 3 aromatic carbocycles. The summed E-state index contributed by atoms with van der Waals surface area (Å²) in [6.07, 6.45) is 2.16. The summed E-state index contributed by atoms with van der Waals surface area (Å²) in [6, 6.07) is 23.6. The van der Waals surface area contributed by atoms with Crippen LogP contribution in [0.3, 0.4) is 0 Å². The van der Waals surface area contributed by atoms with Crippen molar-refractivity contribution in [2.75, 3.05) is 0 Å². The van der Waals surface area contributed by atoms with Crippen LogP contribution in [0.4, 0.5) is 0 Å². The van der Waals surface area contributed by atoms with E-state index in [1.54, 1.807) is 0 Å². The van der Waals surface area contributed by atoms with Crippen molar-refractivity contribution in [3.63, 3.8) is 0 Å². The predicted octanol–water partition coefficient (Wildman–Crippen LogP) is 5.61. The quantitative estimate of drug-likeness (QED) is 0.449. The first-order valence-corrected chi connectivity index (χ1v) is 7.82. The van der Waals surface area contributed by atoms with E-state index in [9.17, 15) is 0 Å². The van der Waals surface area contributed by atoms with Crippen LogP contribution in [0.1, 0.15) is 5.56 Å². The van der Waals surface area contributed by atoms with Crippen LogP contribution >= 0.6 is 15.9 Å². The van der Waals surface area contributed by atoms with Crippen LogP contribution in [0.25, 0.3) is 21.7 Å². The number of rotatable bonds is 2. The van der Waals surface area contributed by atoms with Crippen LogP contribution in [-0.4, -0.2) is 4.57 Å². The zero-order valence-corrected chi connectivity index (χ0v) is 13.0. The third-order valence-electron chi connectivity index (χ3n) is 3.98. The normalized spacial score (nSPS) is 11.3. The maximum absolute atomic E-state index is 3.62. The summed E-state index contributed by atoms with van der Waals surface area (Å²) in [6.45, 7) is 0.890. The van der Waals surface area contributed by atoms with E-state index in [0.717, 1.165) is 11.0 Å². The fourth-order valence-electron chi connectivity index (χ4n) is 2.94. The molecule has 0 atom stereocenters. The SMILES string of the molecule is Brc1cccc2c1ccn2Cc1cccc2ccccc12. The van der Waals surface area contributed by atoms with Crippen LogP contribution < -0.4 is 0 Å². The van der Waals surface area contributed by atoms with Gasteiger partial charge in [-0.25, -0.2) is 0 Å². The molecular formula is C19H14BrN. The van der Waals surface area contributed by atoms with E-state index in [0.29, 0.717) is 0 Å². The molecule has 0 amide bonds. The molecule has 1 nitrogen and oxygen atoms in total. The Morgan fingerprint density at radius 2 is 1.57 bits per heavy atom. The molecule has 1 aromatic heterocycles. The highest BCUT2D eigenvalue weighted by Crippen LogP contribution is 2.26. The Morgan fingerprint density at radius 3 is 2.52 bits per heavy atom. The van der Waals surface area contributed by atoms with Gasteiger partial charge in [0.2, 0.25) is 0 Å². The number of halogens is 1. The molecule has 0 aliphatic carbocycles. The van der Waals surface area contributed by atoms with Crippen molar-refractivity contribution in [2.45, 2.75) is 6.54 Å². The van der Waals surface area contributed by atoms with Gasteiger partial charge in [-0.2, -0.15) is 0 Å². The Balaban J connectivity index is 1.85. The minimum absolute atomic E-state index is 0.890. The first-order chi connectivity index (χ1) is 10.3. The molecule has 0 aliphatic heterocycles. The minimum Gasteiger partial charge on any atom is -0.343 e. The molecule has 4 aromatic rings. The van der Waals surface area contributed by atoms with E-state index in [1.165, 1.54) is 27.2 Å². The number of hydrogen-bond donors (Lipinski definition) is 0. The van der Waals surface area contributed by atoms with Crippen LogP contribution in [0.5, 0.6) is 0 Å². The minimum atomic E-state index is 0.890. The molecule has 0 N–H and O–H groups in total. The largest absolute Gasteiger partial charge is 0.343 e. The monoisotopic (exact) mass is 335 g/mol. The lowest BCUT2D eigenvalue weighted by Gasteiger charge is -2.09. The van der Waals surface area contributed by atoms with E-state index in [-0.39, 0.29) is 0 Å². The molecule has 0 radical (unpaired) electrons. The van der Waals surface area contributed by atoms with Gasteiger partial charge in [-0.3, -0.25) is 0 Å². The summed E-state index contributed by atoms with van der Waals surface area (Å²) in [4.78, 5) is 0. The molecule has 4 rings (SSSR count). The van der Waals surface area contributed by atoms with Gasteiger partial charge >= 0.3 is 0 Å². The van der Waals surface area contributed by atoms with Gasteiger partial charge in [-0.1, -0.05) is 64.5 Å². The van der Waals surface area contributed by atoms with Gasteiger partial charge in [0.15, 0.2) is 0 Å². The highest BCUT2D eigenvalue weighted by molar-refractivity contribution is 9.10. The molecule has 0 unspecified atom stereocenters. The summed E-state index contributed by atoms with van der Waals surface area (Å²) in [5, 5.41) is 3.89. The van der Waals surface area contributed by atoms with Gasteiger partial charge in [0.05, 0.1) is 0 Å². The Labute approximate surface area is 132 Å². The highest BCUT2D eigenvalue weighted by Gasteiger charge is 2.06. The van der Waals surface area contributed by atoms with Gasteiger partial charge in [0.1, 0.15) is 0 Å². The summed E-state index contributed by atoms with van der Waals surface area (Å²) < 4.78 is 3.46. The number of hydrogen-bond acceptors (Lipinski definition) is 0. The maximum Gasteiger partial charge on any atom is 0.0494 e. The van der Waals surface area contributed by atoms with E-state index in [4.69, 9.17) is 0 Å². The number of benzene rings is 3. The fourth-order valence-corrected chi connectivity index (χ4v) is 3.43. The molecule has 0 saturated carbocycles. The summed E-state index contributed by atoms with van der Waals surface area (Å²) >= 11 is 3.62.